The zero-order valence-corrected chi connectivity index (χ0v) is 6.96. The summed E-state index contributed by atoms with van der Waals surface area (Å²) in [5.41, 5.74) is 2.00. The zero-order valence-electron chi connectivity index (χ0n) is 6.14. The van der Waals surface area contributed by atoms with Gasteiger partial charge in [0.15, 0.2) is 0 Å². The molecule has 0 atom stereocenters. The number of hydrogen-bond donors (Lipinski definition) is 1. The van der Waals surface area contributed by atoms with Crippen LogP contribution in [-0.4, -0.2) is 14.8 Å². The molecule has 1 N–H and O–H groups in total. The van der Waals surface area contributed by atoms with Crippen LogP contribution in [0.15, 0.2) is 6.33 Å². The normalized spacial score (nSPS) is 9.80. The first-order valence-electron chi connectivity index (χ1n) is 3.29. The predicted octanol–water partition coefficient (Wildman–Crippen LogP) is 1.85. The maximum absolute atomic E-state index is 5.08. The van der Waals surface area contributed by atoms with E-state index < -0.39 is 0 Å². The minimum Gasteiger partial charge on any atom is -0.348 e. The maximum atomic E-state index is 5.08. The van der Waals surface area contributed by atoms with Crippen molar-refractivity contribution in [3.05, 3.63) is 17.7 Å². The quantitative estimate of drug-likeness (QED) is 0.520. The first kappa shape index (κ1) is 7.41. The molecule has 0 fully saturated rings. The fourth-order valence-electron chi connectivity index (χ4n) is 0.807. The van der Waals surface area contributed by atoms with Crippen molar-refractivity contribution in [3.8, 4) is 0 Å². The molecule has 0 radical (unpaired) electrons. The van der Waals surface area contributed by atoms with Crippen molar-refractivity contribution >= 4 is 17.1 Å². The second-order valence-corrected chi connectivity index (χ2v) is 2.65. The Balaban J connectivity index is 2.93. The van der Waals surface area contributed by atoms with Gasteiger partial charge in [-0.05, 0) is 13.3 Å². The molecule has 1 heterocycles. The summed E-state index contributed by atoms with van der Waals surface area (Å²) >= 11 is 5.08. The molecular formula is C7H10N2S. The van der Waals surface area contributed by atoms with Crippen molar-refractivity contribution in [3.63, 3.8) is 0 Å². The van der Waals surface area contributed by atoms with Gasteiger partial charge in [-0.1, -0.05) is 19.1 Å². The molecule has 54 valence electrons. The first-order valence-corrected chi connectivity index (χ1v) is 3.69. The molecule has 0 aliphatic rings. The monoisotopic (exact) mass is 154 g/mol. The van der Waals surface area contributed by atoms with E-state index in [-0.39, 0.29) is 0 Å². The summed E-state index contributed by atoms with van der Waals surface area (Å²) in [5.74, 6) is 0. The van der Waals surface area contributed by atoms with Crippen molar-refractivity contribution in [1.29, 1.82) is 0 Å². The SMILES string of the molecule is CCC(=S)c1nc[nH]c1C. The van der Waals surface area contributed by atoms with Gasteiger partial charge in [0, 0.05) is 10.6 Å². The summed E-state index contributed by atoms with van der Waals surface area (Å²) in [6.07, 6.45) is 2.56. The Hall–Kier alpha value is -0.700. The van der Waals surface area contributed by atoms with Crippen molar-refractivity contribution in [1.82, 2.24) is 9.97 Å². The molecule has 0 aromatic carbocycles. The highest BCUT2D eigenvalue weighted by Gasteiger charge is 2.03. The van der Waals surface area contributed by atoms with E-state index in [0.717, 1.165) is 22.7 Å². The number of aryl methyl sites for hydroxylation is 1. The van der Waals surface area contributed by atoms with Gasteiger partial charge in [-0.25, -0.2) is 4.98 Å². The van der Waals surface area contributed by atoms with Gasteiger partial charge in [0.25, 0.3) is 0 Å². The summed E-state index contributed by atoms with van der Waals surface area (Å²) in [7, 11) is 0. The van der Waals surface area contributed by atoms with Gasteiger partial charge in [-0.3, -0.25) is 0 Å². The topological polar surface area (TPSA) is 28.7 Å². The molecule has 10 heavy (non-hydrogen) atoms. The van der Waals surface area contributed by atoms with Gasteiger partial charge >= 0.3 is 0 Å². The van der Waals surface area contributed by atoms with Crippen LogP contribution in [0.3, 0.4) is 0 Å². The van der Waals surface area contributed by atoms with E-state index in [1.54, 1.807) is 6.33 Å². The minimum atomic E-state index is 0.890. The molecule has 0 bridgehead atoms. The Labute approximate surface area is 65.7 Å². The number of H-pyrrole nitrogens is 1. The van der Waals surface area contributed by atoms with Gasteiger partial charge in [0.2, 0.25) is 0 Å². The van der Waals surface area contributed by atoms with E-state index in [1.165, 1.54) is 0 Å². The van der Waals surface area contributed by atoms with Crippen LogP contribution in [0.1, 0.15) is 24.7 Å². The van der Waals surface area contributed by atoms with Crippen molar-refractivity contribution < 1.29 is 0 Å². The highest BCUT2D eigenvalue weighted by atomic mass is 32.1. The molecule has 0 aliphatic carbocycles. The summed E-state index contributed by atoms with van der Waals surface area (Å²) < 4.78 is 0. The standard InChI is InChI=1S/C7H10N2S/c1-3-6(10)7-5(2)8-4-9-7/h4H,3H2,1-2H3,(H,8,9). The maximum Gasteiger partial charge on any atom is 0.0976 e. The number of nitrogens with one attached hydrogen (secondary N) is 1. The van der Waals surface area contributed by atoms with E-state index in [9.17, 15) is 0 Å². The Kier molecular flexibility index (Phi) is 2.17. The van der Waals surface area contributed by atoms with E-state index in [0.29, 0.717) is 0 Å². The Morgan fingerprint density at radius 2 is 2.50 bits per heavy atom. The highest BCUT2D eigenvalue weighted by molar-refractivity contribution is 7.80. The second kappa shape index (κ2) is 2.92. The van der Waals surface area contributed by atoms with Crippen LogP contribution in [0.5, 0.6) is 0 Å². The van der Waals surface area contributed by atoms with Gasteiger partial charge in [0.1, 0.15) is 0 Å². The molecule has 1 aromatic rings. The molecule has 0 saturated heterocycles. The van der Waals surface area contributed by atoms with Crippen molar-refractivity contribution in [2.24, 2.45) is 0 Å². The molecule has 0 spiro atoms. The molecule has 3 heteroatoms. The number of imidazole rings is 1. The average molecular weight is 154 g/mol. The van der Waals surface area contributed by atoms with Crippen LogP contribution in [0.25, 0.3) is 0 Å². The number of rotatable bonds is 2. The molecule has 0 unspecified atom stereocenters. The highest BCUT2D eigenvalue weighted by Crippen LogP contribution is 2.04. The minimum absolute atomic E-state index is 0.890. The number of thiocarbonyl (C=S) groups is 1. The van der Waals surface area contributed by atoms with Crippen LogP contribution >= 0.6 is 12.2 Å². The molecule has 2 nitrogen and oxygen atoms in total. The van der Waals surface area contributed by atoms with Crippen molar-refractivity contribution in [2.45, 2.75) is 20.3 Å². The fraction of sp³-hybridized carbons (Fsp3) is 0.429. The van der Waals surface area contributed by atoms with E-state index in [1.807, 2.05) is 13.8 Å². The van der Waals surface area contributed by atoms with Gasteiger partial charge in [-0.15, -0.1) is 0 Å². The third-order valence-corrected chi connectivity index (χ3v) is 1.90. The molecule has 1 aromatic heterocycles. The van der Waals surface area contributed by atoms with Gasteiger partial charge in [-0.2, -0.15) is 0 Å². The largest absolute Gasteiger partial charge is 0.348 e. The van der Waals surface area contributed by atoms with E-state index in [2.05, 4.69) is 9.97 Å². The third-order valence-electron chi connectivity index (χ3n) is 1.42. The molecule has 1 rings (SSSR count). The number of aromatic amines is 1. The lowest BCUT2D eigenvalue weighted by Crippen LogP contribution is -1.96. The summed E-state index contributed by atoms with van der Waals surface area (Å²) in [5, 5.41) is 0. The van der Waals surface area contributed by atoms with E-state index >= 15 is 0 Å². The average Bonchev–Trinajstić information content (AvgIpc) is 2.34. The summed E-state index contributed by atoms with van der Waals surface area (Å²) in [6.45, 7) is 4.01. The lowest BCUT2D eigenvalue weighted by molar-refractivity contribution is 1.24. The lowest BCUT2D eigenvalue weighted by atomic mass is 10.2. The lowest BCUT2D eigenvalue weighted by Gasteiger charge is -1.94. The Morgan fingerprint density at radius 3 is 2.90 bits per heavy atom. The smallest absolute Gasteiger partial charge is 0.0976 e. The summed E-state index contributed by atoms with van der Waals surface area (Å²) in [4.78, 5) is 8.00. The molecule has 0 amide bonds. The summed E-state index contributed by atoms with van der Waals surface area (Å²) in [6, 6.07) is 0. The number of hydrogen-bond acceptors (Lipinski definition) is 2. The van der Waals surface area contributed by atoms with Crippen LogP contribution in [-0.2, 0) is 0 Å². The first-order chi connectivity index (χ1) is 4.75. The van der Waals surface area contributed by atoms with Crippen LogP contribution in [0, 0.1) is 6.92 Å². The Bertz CT molecular complexity index is 240. The van der Waals surface area contributed by atoms with Gasteiger partial charge in [0.05, 0.1) is 12.0 Å². The molecule has 0 saturated carbocycles. The molecule has 0 aliphatic heterocycles. The van der Waals surface area contributed by atoms with Crippen molar-refractivity contribution in [2.75, 3.05) is 0 Å². The predicted molar refractivity (Wildman–Crippen MR) is 45.3 cm³/mol. The van der Waals surface area contributed by atoms with Crippen LogP contribution < -0.4 is 0 Å². The van der Waals surface area contributed by atoms with Gasteiger partial charge < -0.3 is 4.98 Å². The van der Waals surface area contributed by atoms with Crippen LogP contribution in [0.4, 0.5) is 0 Å². The Morgan fingerprint density at radius 1 is 1.80 bits per heavy atom. The molecular weight excluding hydrogens is 144 g/mol. The van der Waals surface area contributed by atoms with Crippen LogP contribution in [0.2, 0.25) is 0 Å². The van der Waals surface area contributed by atoms with E-state index in [4.69, 9.17) is 12.2 Å². The zero-order chi connectivity index (χ0) is 7.56. The second-order valence-electron chi connectivity index (χ2n) is 2.15. The fourth-order valence-corrected chi connectivity index (χ4v) is 1.01. The number of aromatic nitrogens is 2. The third kappa shape index (κ3) is 1.24. The number of nitrogens with zero attached hydrogens (tertiary/aromatic N) is 1.